The molecule has 0 amide bonds. The second kappa shape index (κ2) is 8.88. The molecule has 1 aliphatic rings. The van der Waals surface area contributed by atoms with E-state index in [0.717, 1.165) is 49.7 Å². The number of rotatable bonds is 7. The van der Waals surface area contributed by atoms with Gasteiger partial charge in [0.25, 0.3) is 0 Å². The second-order valence-electron chi connectivity index (χ2n) is 6.39. The topological polar surface area (TPSA) is 33.7 Å². The fraction of sp³-hybridized carbons (Fsp3) is 0.429. The van der Waals surface area contributed by atoms with Gasteiger partial charge in [0, 0.05) is 32.2 Å². The normalized spacial score (nSPS) is 16.4. The Hall–Kier alpha value is -2.04. The highest BCUT2D eigenvalue weighted by molar-refractivity contribution is 5.44. The molecule has 2 aromatic rings. The Labute approximate surface area is 150 Å². The van der Waals surface area contributed by atoms with E-state index < -0.39 is 0 Å². The van der Waals surface area contributed by atoms with E-state index in [2.05, 4.69) is 41.4 Å². The lowest BCUT2D eigenvalue weighted by atomic mass is 10.0. The first kappa shape index (κ1) is 17.8. The standard InChI is InChI=1S/C21H28N2O2/c1-3-19(23-13-11-22-12-14-23)18-9-10-20(21(15-18)24-2)25-16-17-7-5-4-6-8-17/h4-10,15,19,22H,3,11-14,16H2,1-2H3. The molecule has 1 unspecified atom stereocenters. The molecular formula is C21H28N2O2. The molecule has 0 aliphatic carbocycles. The van der Waals surface area contributed by atoms with Crippen LogP contribution in [-0.4, -0.2) is 38.2 Å². The van der Waals surface area contributed by atoms with Gasteiger partial charge in [-0.05, 0) is 29.7 Å². The lowest BCUT2D eigenvalue weighted by molar-refractivity contribution is 0.169. The summed E-state index contributed by atoms with van der Waals surface area (Å²) in [4.78, 5) is 2.55. The summed E-state index contributed by atoms with van der Waals surface area (Å²) in [5, 5.41) is 3.42. The van der Waals surface area contributed by atoms with Crippen molar-refractivity contribution < 1.29 is 9.47 Å². The number of piperazine rings is 1. The smallest absolute Gasteiger partial charge is 0.161 e. The summed E-state index contributed by atoms with van der Waals surface area (Å²) in [6.45, 7) is 7.10. The Morgan fingerprint density at radius 1 is 1.04 bits per heavy atom. The van der Waals surface area contributed by atoms with Crippen molar-refractivity contribution in [3.63, 3.8) is 0 Å². The van der Waals surface area contributed by atoms with Crippen molar-refractivity contribution in [2.75, 3.05) is 33.3 Å². The Kier molecular flexibility index (Phi) is 6.31. The molecule has 1 fully saturated rings. The number of ether oxygens (including phenoxy) is 2. The van der Waals surface area contributed by atoms with Gasteiger partial charge in [0.05, 0.1) is 7.11 Å². The van der Waals surface area contributed by atoms with Gasteiger partial charge in [0.15, 0.2) is 11.5 Å². The van der Waals surface area contributed by atoms with Crippen LogP contribution in [0.2, 0.25) is 0 Å². The minimum Gasteiger partial charge on any atom is -0.493 e. The SMILES string of the molecule is CCC(c1ccc(OCc2ccccc2)c(OC)c1)N1CCNCC1. The van der Waals surface area contributed by atoms with Crippen LogP contribution in [0.3, 0.4) is 0 Å². The first-order valence-electron chi connectivity index (χ1n) is 9.11. The molecule has 1 atom stereocenters. The summed E-state index contributed by atoms with van der Waals surface area (Å²) in [7, 11) is 1.71. The lowest BCUT2D eigenvalue weighted by Gasteiger charge is -2.35. The predicted molar refractivity (Wildman–Crippen MR) is 101 cm³/mol. The fourth-order valence-electron chi connectivity index (χ4n) is 3.44. The van der Waals surface area contributed by atoms with Crippen LogP contribution < -0.4 is 14.8 Å². The zero-order valence-electron chi connectivity index (χ0n) is 15.2. The van der Waals surface area contributed by atoms with Crippen LogP contribution in [0.5, 0.6) is 11.5 Å². The fourth-order valence-corrected chi connectivity index (χ4v) is 3.44. The van der Waals surface area contributed by atoms with E-state index in [1.165, 1.54) is 5.56 Å². The van der Waals surface area contributed by atoms with Crippen LogP contribution in [0.15, 0.2) is 48.5 Å². The van der Waals surface area contributed by atoms with E-state index in [-0.39, 0.29) is 0 Å². The van der Waals surface area contributed by atoms with Crippen LogP contribution in [0.25, 0.3) is 0 Å². The number of hydrogen-bond donors (Lipinski definition) is 1. The number of nitrogens with one attached hydrogen (secondary N) is 1. The highest BCUT2D eigenvalue weighted by Crippen LogP contribution is 2.34. The zero-order chi connectivity index (χ0) is 17.5. The van der Waals surface area contributed by atoms with Crippen LogP contribution in [-0.2, 0) is 6.61 Å². The zero-order valence-corrected chi connectivity index (χ0v) is 15.2. The van der Waals surface area contributed by atoms with Gasteiger partial charge in [-0.25, -0.2) is 0 Å². The van der Waals surface area contributed by atoms with Gasteiger partial charge in [0.1, 0.15) is 6.61 Å². The van der Waals surface area contributed by atoms with E-state index in [1.54, 1.807) is 7.11 Å². The van der Waals surface area contributed by atoms with Crippen molar-refractivity contribution in [3.8, 4) is 11.5 Å². The molecule has 0 saturated carbocycles. The van der Waals surface area contributed by atoms with Gasteiger partial charge in [-0.15, -0.1) is 0 Å². The molecule has 25 heavy (non-hydrogen) atoms. The molecule has 1 aliphatic heterocycles. The van der Waals surface area contributed by atoms with Crippen molar-refractivity contribution in [2.24, 2.45) is 0 Å². The highest BCUT2D eigenvalue weighted by Gasteiger charge is 2.21. The van der Waals surface area contributed by atoms with Gasteiger partial charge in [-0.1, -0.05) is 43.3 Å². The molecule has 3 rings (SSSR count). The largest absolute Gasteiger partial charge is 0.493 e. The Bertz CT molecular complexity index is 654. The molecule has 4 heteroatoms. The van der Waals surface area contributed by atoms with Crippen LogP contribution >= 0.6 is 0 Å². The first-order valence-corrected chi connectivity index (χ1v) is 9.11. The highest BCUT2D eigenvalue weighted by atomic mass is 16.5. The van der Waals surface area contributed by atoms with Crippen LogP contribution in [0.1, 0.15) is 30.5 Å². The minimum atomic E-state index is 0.430. The van der Waals surface area contributed by atoms with Crippen molar-refractivity contribution in [1.82, 2.24) is 10.2 Å². The predicted octanol–water partition coefficient (Wildman–Crippen LogP) is 3.63. The van der Waals surface area contributed by atoms with Gasteiger partial charge >= 0.3 is 0 Å². The monoisotopic (exact) mass is 340 g/mol. The number of benzene rings is 2. The maximum Gasteiger partial charge on any atom is 0.161 e. The number of hydrogen-bond acceptors (Lipinski definition) is 4. The van der Waals surface area contributed by atoms with E-state index in [1.807, 2.05) is 24.3 Å². The molecule has 0 aromatic heterocycles. The maximum absolute atomic E-state index is 5.98. The third-order valence-electron chi connectivity index (χ3n) is 4.79. The van der Waals surface area contributed by atoms with Crippen molar-refractivity contribution in [3.05, 3.63) is 59.7 Å². The summed E-state index contributed by atoms with van der Waals surface area (Å²) >= 11 is 0. The van der Waals surface area contributed by atoms with Gasteiger partial charge < -0.3 is 14.8 Å². The van der Waals surface area contributed by atoms with E-state index >= 15 is 0 Å². The quantitative estimate of drug-likeness (QED) is 0.834. The number of methoxy groups -OCH3 is 1. The van der Waals surface area contributed by atoms with Gasteiger partial charge in [0.2, 0.25) is 0 Å². The van der Waals surface area contributed by atoms with E-state index in [0.29, 0.717) is 12.6 Å². The molecular weight excluding hydrogens is 312 g/mol. The Balaban J connectivity index is 1.73. The molecule has 0 bridgehead atoms. The molecule has 1 saturated heterocycles. The molecule has 1 heterocycles. The molecule has 134 valence electrons. The molecule has 0 radical (unpaired) electrons. The second-order valence-corrected chi connectivity index (χ2v) is 6.39. The van der Waals surface area contributed by atoms with Crippen molar-refractivity contribution >= 4 is 0 Å². The number of nitrogens with zero attached hydrogens (tertiary/aromatic N) is 1. The average molecular weight is 340 g/mol. The van der Waals surface area contributed by atoms with Crippen LogP contribution in [0.4, 0.5) is 0 Å². The lowest BCUT2D eigenvalue weighted by Crippen LogP contribution is -2.45. The third kappa shape index (κ3) is 4.53. The Morgan fingerprint density at radius 2 is 1.80 bits per heavy atom. The van der Waals surface area contributed by atoms with Gasteiger partial charge in [-0.3, -0.25) is 4.90 Å². The maximum atomic E-state index is 5.98. The first-order chi connectivity index (χ1) is 12.3. The molecule has 2 aromatic carbocycles. The molecule has 1 N–H and O–H groups in total. The van der Waals surface area contributed by atoms with Crippen LogP contribution in [0, 0.1) is 0 Å². The summed E-state index contributed by atoms with van der Waals surface area (Å²) in [6, 6.07) is 17.0. The van der Waals surface area contributed by atoms with Crippen molar-refractivity contribution in [2.45, 2.75) is 26.0 Å². The minimum absolute atomic E-state index is 0.430. The van der Waals surface area contributed by atoms with E-state index in [9.17, 15) is 0 Å². The summed E-state index contributed by atoms with van der Waals surface area (Å²) < 4.78 is 11.6. The molecule has 4 nitrogen and oxygen atoms in total. The third-order valence-corrected chi connectivity index (χ3v) is 4.79. The van der Waals surface area contributed by atoms with Crippen molar-refractivity contribution in [1.29, 1.82) is 0 Å². The summed E-state index contributed by atoms with van der Waals surface area (Å²) in [6.07, 6.45) is 1.09. The average Bonchev–Trinajstić information content (AvgIpc) is 2.69. The summed E-state index contributed by atoms with van der Waals surface area (Å²) in [5.74, 6) is 1.60. The Morgan fingerprint density at radius 3 is 2.48 bits per heavy atom. The summed E-state index contributed by atoms with van der Waals surface area (Å²) in [5.41, 5.74) is 2.45. The molecule has 0 spiro atoms. The van der Waals surface area contributed by atoms with E-state index in [4.69, 9.17) is 9.47 Å². The van der Waals surface area contributed by atoms with Gasteiger partial charge in [-0.2, -0.15) is 0 Å².